The van der Waals surface area contributed by atoms with Gasteiger partial charge in [-0.3, -0.25) is 4.79 Å². The fourth-order valence-electron chi connectivity index (χ4n) is 6.13. The summed E-state index contributed by atoms with van der Waals surface area (Å²) in [4.78, 5) is 11.9. The number of hydrogen-bond acceptors (Lipinski definition) is 11. The van der Waals surface area contributed by atoms with Crippen molar-refractivity contribution in [3.63, 3.8) is 0 Å². The van der Waals surface area contributed by atoms with E-state index < -0.39 is 0 Å². The maximum Gasteiger partial charge on any atom is 0.305 e. The summed E-state index contributed by atoms with van der Waals surface area (Å²) >= 11 is 0. The van der Waals surface area contributed by atoms with E-state index in [0.717, 1.165) is 25.9 Å². The number of hydrogen-bond donors (Lipinski definition) is 0. The fraction of sp³-hybridized carbons (Fsp3) is 0.978. The molecule has 0 saturated heterocycles. The van der Waals surface area contributed by atoms with Crippen LogP contribution in [0.3, 0.4) is 0 Å². The molecule has 0 aliphatic rings. The SMILES string of the molecule is CCCCCCCCCCCCCCCC(=O)OCCOCCOCCOCCOCCOCCOCCOCCOCCOCCCCCCCCCCCC. The van der Waals surface area contributed by atoms with Gasteiger partial charge in [0.2, 0.25) is 0 Å². The van der Waals surface area contributed by atoms with Gasteiger partial charge >= 0.3 is 5.97 Å². The van der Waals surface area contributed by atoms with E-state index in [9.17, 15) is 4.79 Å². The molecule has 0 N–H and O–H groups in total. The quantitative estimate of drug-likeness (QED) is 0.0432. The molecule has 0 rings (SSSR count). The van der Waals surface area contributed by atoms with E-state index >= 15 is 0 Å². The number of esters is 1. The topological polar surface area (TPSA) is 109 Å². The van der Waals surface area contributed by atoms with Crippen LogP contribution >= 0.6 is 0 Å². The van der Waals surface area contributed by atoms with Crippen molar-refractivity contribution < 1.29 is 52.2 Å². The third-order valence-corrected chi connectivity index (χ3v) is 9.59. The van der Waals surface area contributed by atoms with E-state index in [-0.39, 0.29) is 5.97 Å². The van der Waals surface area contributed by atoms with Crippen molar-refractivity contribution in [1.82, 2.24) is 0 Å². The molecule has 0 aromatic rings. The zero-order valence-electron chi connectivity index (χ0n) is 37.4. The fourth-order valence-corrected chi connectivity index (χ4v) is 6.13. The predicted molar refractivity (Wildman–Crippen MR) is 230 cm³/mol. The van der Waals surface area contributed by atoms with E-state index in [1.807, 2.05) is 0 Å². The van der Waals surface area contributed by atoms with Crippen LogP contribution in [0.1, 0.15) is 168 Å². The van der Waals surface area contributed by atoms with E-state index in [0.29, 0.717) is 125 Å². The summed E-state index contributed by atoms with van der Waals surface area (Å²) in [5.41, 5.74) is 0. The lowest BCUT2D eigenvalue weighted by molar-refractivity contribution is -0.145. The minimum Gasteiger partial charge on any atom is -0.463 e. The lowest BCUT2D eigenvalue weighted by Gasteiger charge is -2.09. The van der Waals surface area contributed by atoms with Gasteiger partial charge in [-0.25, -0.2) is 0 Å². The molecule has 0 heterocycles. The molecule has 0 saturated carbocycles. The summed E-state index contributed by atoms with van der Waals surface area (Å²) in [5, 5.41) is 0. The lowest BCUT2D eigenvalue weighted by Crippen LogP contribution is -2.15. The second-order valence-corrected chi connectivity index (χ2v) is 14.9. The van der Waals surface area contributed by atoms with Crippen LogP contribution in [0.4, 0.5) is 0 Å². The third kappa shape index (κ3) is 53.1. The first kappa shape index (κ1) is 56.1. The zero-order valence-corrected chi connectivity index (χ0v) is 37.4. The summed E-state index contributed by atoms with van der Waals surface area (Å²) in [6.45, 7) is 14.5. The largest absolute Gasteiger partial charge is 0.463 e. The first-order valence-corrected chi connectivity index (χ1v) is 23.7. The Morgan fingerprint density at radius 3 is 0.737 bits per heavy atom. The molecule has 0 aromatic heterocycles. The summed E-state index contributed by atoms with van der Waals surface area (Å²) < 4.78 is 55.1. The van der Waals surface area contributed by atoms with Gasteiger partial charge < -0.3 is 47.4 Å². The predicted octanol–water partition coefficient (Wildman–Crippen LogP) is 10.1. The molecule has 0 aromatic carbocycles. The molecule has 0 amide bonds. The molecule has 57 heavy (non-hydrogen) atoms. The lowest BCUT2D eigenvalue weighted by atomic mass is 10.0. The summed E-state index contributed by atoms with van der Waals surface area (Å²) in [6, 6.07) is 0. The minimum atomic E-state index is -0.127. The molecule has 0 aliphatic heterocycles. The van der Waals surface area contributed by atoms with Crippen molar-refractivity contribution in [2.45, 2.75) is 168 Å². The molecule has 0 fully saturated rings. The van der Waals surface area contributed by atoms with Gasteiger partial charge in [0.05, 0.1) is 112 Å². The van der Waals surface area contributed by atoms with Gasteiger partial charge in [0.25, 0.3) is 0 Å². The highest BCUT2D eigenvalue weighted by Crippen LogP contribution is 2.13. The molecule has 0 spiro atoms. The summed E-state index contributed by atoms with van der Waals surface area (Å²) in [7, 11) is 0. The zero-order chi connectivity index (χ0) is 41.1. The highest BCUT2D eigenvalue weighted by Gasteiger charge is 2.03. The second kappa shape index (κ2) is 53.1. The molecule has 0 unspecified atom stereocenters. The molecule has 11 nitrogen and oxygen atoms in total. The maximum absolute atomic E-state index is 11.9. The van der Waals surface area contributed by atoms with Gasteiger partial charge in [-0.1, -0.05) is 149 Å². The highest BCUT2D eigenvalue weighted by molar-refractivity contribution is 5.69. The molecular formula is C46H92O11. The summed E-state index contributed by atoms with van der Waals surface area (Å²) in [5.74, 6) is -0.127. The number of ether oxygens (including phenoxy) is 10. The monoisotopic (exact) mass is 821 g/mol. The highest BCUT2D eigenvalue weighted by atomic mass is 16.6. The van der Waals surface area contributed by atoms with Crippen LogP contribution in [0.15, 0.2) is 0 Å². The standard InChI is InChI=1S/C46H92O11/c1-3-5-7-9-11-13-15-16-17-18-20-22-24-26-46(47)57-45-44-56-43-42-55-41-40-54-39-38-53-37-36-52-35-34-51-33-32-50-31-30-49-29-28-48-27-25-23-21-19-14-12-10-8-6-4-2/h3-45H2,1-2H3. The van der Waals surface area contributed by atoms with Gasteiger partial charge in [0.15, 0.2) is 0 Å². The second-order valence-electron chi connectivity index (χ2n) is 14.9. The Balaban J connectivity index is 3.12. The van der Waals surface area contributed by atoms with Crippen molar-refractivity contribution in [2.75, 3.05) is 126 Å². The van der Waals surface area contributed by atoms with E-state index in [1.165, 1.54) is 128 Å². The number of rotatable bonds is 52. The normalized spacial score (nSPS) is 11.5. The van der Waals surface area contributed by atoms with Gasteiger partial charge in [-0.05, 0) is 12.8 Å². The number of carbonyl (C=O) groups is 1. The molecule has 0 bridgehead atoms. The Kier molecular flexibility index (Phi) is 52.3. The molecule has 0 aliphatic carbocycles. The van der Waals surface area contributed by atoms with Gasteiger partial charge in [0, 0.05) is 13.0 Å². The van der Waals surface area contributed by atoms with Crippen molar-refractivity contribution in [2.24, 2.45) is 0 Å². The van der Waals surface area contributed by atoms with Gasteiger partial charge in [-0.15, -0.1) is 0 Å². The minimum absolute atomic E-state index is 0.127. The van der Waals surface area contributed by atoms with Crippen LogP contribution in [0.2, 0.25) is 0 Å². The maximum atomic E-state index is 11.9. The van der Waals surface area contributed by atoms with Crippen LogP contribution in [-0.2, 0) is 52.2 Å². The van der Waals surface area contributed by atoms with E-state index in [1.54, 1.807) is 0 Å². The van der Waals surface area contributed by atoms with Crippen LogP contribution in [-0.4, -0.2) is 132 Å². The Bertz CT molecular complexity index is 730. The van der Waals surface area contributed by atoms with Crippen molar-refractivity contribution in [3.8, 4) is 0 Å². The average Bonchev–Trinajstić information content (AvgIpc) is 3.22. The molecule has 0 atom stereocenters. The van der Waals surface area contributed by atoms with Gasteiger partial charge in [0.1, 0.15) is 6.61 Å². The molecule has 0 radical (unpaired) electrons. The number of unbranched alkanes of at least 4 members (excludes halogenated alkanes) is 21. The van der Waals surface area contributed by atoms with E-state index in [2.05, 4.69) is 13.8 Å². The Labute approximate surface area is 350 Å². The van der Waals surface area contributed by atoms with Crippen molar-refractivity contribution >= 4 is 5.97 Å². The third-order valence-electron chi connectivity index (χ3n) is 9.59. The number of carbonyl (C=O) groups excluding carboxylic acids is 1. The van der Waals surface area contributed by atoms with Crippen molar-refractivity contribution in [1.29, 1.82) is 0 Å². The van der Waals surface area contributed by atoms with Crippen LogP contribution in [0, 0.1) is 0 Å². The van der Waals surface area contributed by atoms with E-state index in [4.69, 9.17) is 47.4 Å². The molecular weight excluding hydrogens is 728 g/mol. The van der Waals surface area contributed by atoms with Crippen molar-refractivity contribution in [3.05, 3.63) is 0 Å². The molecule has 342 valence electrons. The van der Waals surface area contributed by atoms with Gasteiger partial charge in [-0.2, -0.15) is 0 Å². The smallest absolute Gasteiger partial charge is 0.305 e. The first-order valence-electron chi connectivity index (χ1n) is 23.7. The van der Waals surface area contributed by atoms with Crippen LogP contribution in [0.5, 0.6) is 0 Å². The molecule has 11 heteroatoms. The van der Waals surface area contributed by atoms with Crippen LogP contribution < -0.4 is 0 Å². The van der Waals surface area contributed by atoms with Crippen LogP contribution in [0.25, 0.3) is 0 Å². The average molecular weight is 821 g/mol. The summed E-state index contributed by atoms with van der Waals surface area (Å²) in [6.07, 6.45) is 30.8. The first-order chi connectivity index (χ1) is 28.3. The Morgan fingerprint density at radius 2 is 0.456 bits per heavy atom. The Morgan fingerprint density at radius 1 is 0.246 bits per heavy atom. The Hall–Kier alpha value is -0.890.